The van der Waals surface area contributed by atoms with Crippen molar-refractivity contribution in [2.24, 2.45) is 5.73 Å². The molecule has 5 heteroatoms. The van der Waals surface area contributed by atoms with E-state index in [0.29, 0.717) is 18.7 Å². The number of nitrogens with one attached hydrogen (secondary N) is 1. The van der Waals surface area contributed by atoms with Crippen LogP contribution in [0.25, 0.3) is 0 Å². The van der Waals surface area contributed by atoms with Gasteiger partial charge in [-0.3, -0.25) is 4.79 Å². The Balaban J connectivity index is 2.63. The second-order valence-electron chi connectivity index (χ2n) is 2.61. The fourth-order valence-corrected chi connectivity index (χ4v) is 0.857. The monoisotopic (exact) mass is 180 g/mol. The zero-order chi connectivity index (χ0) is 9.68. The molecule has 0 radical (unpaired) electrons. The van der Waals surface area contributed by atoms with Crippen LogP contribution in [0.5, 0.6) is 0 Å². The summed E-state index contributed by atoms with van der Waals surface area (Å²) in [4.78, 5) is 18.9. The fourth-order valence-electron chi connectivity index (χ4n) is 0.857. The second-order valence-corrected chi connectivity index (χ2v) is 2.61. The minimum Gasteiger partial charge on any atom is -0.330 e. The number of carbonyl (C=O) groups is 1. The normalized spacial score (nSPS) is 9.69. The Bertz CT molecular complexity index is 300. The summed E-state index contributed by atoms with van der Waals surface area (Å²) in [5.74, 6) is -0.111. The van der Waals surface area contributed by atoms with Crippen molar-refractivity contribution in [1.29, 1.82) is 0 Å². The summed E-state index contributed by atoms with van der Waals surface area (Å²) in [6, 6.07) is 0. The lowest BCUT2D eigenvalue weighted by molar-refractivity contribution is -0.116. The minimum absolute atomic E-state index is 0.111. The molecule has 0 aromatic carbocycles. The smallest absolute Gasteiger partial charge is 0.225 e. The molecule has 70 valence electrons. The lowest BCUT2D eigenvalue weighted by Gasteiger charge is -2.04. The number of nitrogens with zero attached hydrogens (tertiary/aromatic N) is 2. The van der Waals surface area contributed by atoms with Crippen molar-refractivity contribution in [3.63, 3.8) is 0 Å². The molecule has 0 atom stereocenters. The van der Waals surface area contributed by atoms with Crippen LogP contribution in [-0.4, -0.2) is 22.4 Å². The summed E-state index contributed by atoms with van der Waals surface area (Å²) in [6.45, 7) is 2.15. The van der Waals surface area contributed by atoms with Crippen LogP contribution >= 0.6 is 0 Å². The van der Waals surface area contributed by atoms with Gasteiger partial charge in [0.15, 0.2) is 0 Å². The van der Waals surface area contributed by atoms with Gasteiger partial charge in [-0.25, -0.2) is 9.97 Å². The van der Waals surface area contributed by atoms with E-state index in [1.807, 2.05) is 0 Å². The van der Waals surface area contributed by atoms with Gasteiger partial charge in [-0.05, 0) is 6.92 Å². The number of aryl methyl sites for hydroxylation is 1. The summed E-state index contributed by atoms with van der Waals surface area (Å²) in [5.41, 5.74) is 6.62. The molecule has 1 amide bonds. The molecule has 1 heterocycles. The maximum Gasteiger partial charge on any atom is 0.225 e. The molecule has 13 heavy (non-hydrogen) atoms. The molecule has 1 aromatic rings. The molecule has 5 nitrogen and oxygen atoms in total. The number of nitrogens with two attached hydrogens (primary N) is 1. The van der Waals surface area contributed by atoms with Gasteiger partial charge in [-0.15, -0.1) is 0 Å². The van der Waals surface area contributed by atoms with Crippen molar-refractivity contribution in [2.45, 2.75) is 13.3 Å². The summed E-state index contributed by atoms with van der Waals surface area (Å²) in [6.07, 6.45) is 3.32. The molecular formula is C8H12N4O. The van der Waals surface area contributed by atoms with Crippen molar-refractivity contribution in [3.8, 4) is 0 Å². The molecule has 0 bridgehead atoms. The van der Waals surface area contributed by atoms with Crippen molar-refractivity contribution in [2.75, 3.05) is 11.9 Å². The van der Waals surface area contributed by atoms with Crippen LogP contribution in [0.3, 0.4) is 0 Å². The Morgan fingerprint density at radius 3 is 3.08 bits per heavy atom. The maximum absolute atomic E-state index is 11.1. The van der Waals surface area contributed by atoms with Crippen LogP contribution < -0.4 is 11.1 Å². The van der Waals surface area contributed by atoms with Gasteiger partial charge in [-0.2, -0.15) is 0 Å². The average Bonchev–Trinajstić information content (AvgIpc) is 2.09. The van der Waals surface area contributed by atoms with Crippen molar-refractivity contribution >= 4 is 11.6 Å². The van der Waals surface area contributed by atoms with Gasteiger partial charge < -0.3 is 11.1 Å². The average molecular weight is 180 g/mol. The molecule has 0 aliphatic heterocycles. The van der Waals surface area contributed by atoms with Crippen molar-refractivity contribution < 1.29 is 4.79 Å². The zero-order valence-electron chi connectivity index (χ0n) is 7.45. The van der Waals surface area contributed by atoms with Crippen LogP contribution in [0.15, 0.2) is 12.5 Å². The van der Waals surface area contributed by atoms with E-state index in [1.54, 1.807) is 13.1 Å². The first-order valence-electron chi connectivity index (χ1n) is 4.00. The Morgan fingerprint density at radius 2 is 2.46 bits per heavy atom. The van der Waals surface area contributed by atoms with Gasteiger partial charge in [0.1, 0.15) is 6.33 Å². The highest BCUT2D eigenvalue weighted by molar-refractivity contribution is 5.91. The molecular weight excluding hydrogens is 168 g/mol. The highest BCUT2D eigenvalue weighted by atomic mass is 16.1. The predicted molar refractivity (Wildman–Crippen MR) is 49.1 cm³/mol. The topological polar surface area (TPSA) is 80.9 Å². The van der Waals surface area contributed by atoms with Gasteiger partial charge in [0, 0.05) is 13.0 Å². The molecule has 0 aliphatic rings. The summed E-state index contributed by atoms with van der Waals surface area (Å²) < 4.78 is 0. The molecule has 0 aliphatic carbocycles. The number of rotatable bonds is 3. The number of carbonyl (C=O) groups excluding carboxylic acids is 1. The van der Waals surface area contributed by atoms with E-state index in [1.165, 1.54) is 6.33 Å². The SMILES string of the molecule is Cc1ncncc1NC(=O)CCN. The first-order chi connectivity index (χ1) is 6.24. The summed E-state index contributed by atoms with van der Waals surface area (Å²) in [5, 5.41) is 2.67. The largest absolute Gasteiger partial charge is 0.330 e. The quantitative estimate of drug-likeness (QED) is 0.689. The minimum atomic E-state index is -0.111. The third kappa shape index (κ3) is 2.79. The fraction of sp³-hybridized carbons (Fsp3) is 0.375. The van der Waals surface area contributed by atoms with Crippen LogP contribution in [0.4, 0.5) is 5.69 Å². The van der Waals surface area contributed by atoms with E-state index in [0.717, 1.165) is 5.69 Å². The third-order valence-electron chi connectivity index (χ3n) is 1.56. The van der Waals surface area contributed by atoms with E-state index >= 15 is 0 Å². The van der Waals surface area contributed by atoms with Crippen LogP contribution in [0.2, 0.25) is 0 Å². The molecule has 1 rings (SSSR count). The number of aromatic nitrogens is 2. The van der Waals surface area contributed by atoms with Crippen LogP contribution in [0.1, 0.15) is 12.1 Å². The highest BCUT2D eigenvalue weighted by Gasteiger charge is 2.03. The third-order valence-corrected chi connectivity index (χ3v) is 1.56. The second kappa shape index (κ2) is 4.51. The van der Waals surface area contributed by atoms with Gasteiger partial charge in [-0.1, -0.05) is 0 Å². The lowest BCUT2D eigenvalue weighted by atomic mass is 10.3. The molecule has 0 fully saturated rings. The van der Waals surface area contributed by atoms with Crippen LogP contribution in [0, 0.1) is 6.92 Å². The Morgan fingerprint density at radius 1 is 1.69 bits per heavy atom. The van der Waals surface area contributed by atoms with Gasteiger partial charge in [0.25, 0.3) is 0 Å². The molecule has 1 aromatic heterocycles. The summed E-state index contributed by atoms with van der Waals surface area (Å²) >= 11 is 0. The summed E-state index contributed by atoms with van der Waals surface area (Å²) in [7, 11) is 0. The number of hydrogen-bond donors (Lipinski definition) is 2. The van der Waals surface area contributed by atoms with E-state index in [2.05, 4.69) is 15.3 Å². The molecule has 0 spiro atoms. The Kier molecular flexibility index (Phi) is 3.33. The maximum atomic E-state index is 11.1. The lowest BCUT2D eigenvalue weighted by Crippen LogP contribution is -2.17. The standard InChI is InChI=1S/C8H12N4O/c1-6-7(4-10-5-11-6)12-8(13)2-3-9/h4-5H,2-3,9H2,1H3,(H,12,13). The highest BCUT2D eigenvalue weighted by Crippen LogP contribution is 2.08. The Hall–Kier alpha value is -1.49. The van der Waals surface area contributed by atoms with Gasteiger partial charge in [0.2, 0.25) is 5.91 Å². The number of amides is 1. The number of hydrogen-bond acceptors (Lipinski definition) is 4. The van der Waals surface area contributed by atoms with E-state index < -0.39 is 0 Å². The van der Waals surface area contributed by atoms with Crippen LogP contribution in [-0.2, 0) is 4.79 Å². The van der Waals surface area contributed by atoms with Gasteiger partial charge in [0.05, 0.1) is 17.6 Å². The molecule has 3 N–H and O–H groups in total. The Labute approximate surface area is 76.4 Å². The first kappa shape index (κ1) is 9.60. The van der Waals surface area contributed by atoms with E-state index in [9.17, 15) is 4.79 Å². The first-order valence-corrected chi connectivity index (χ1v) is 4.00. The van der Waals surface area contributed by atoms with Crippen molar-refractivity contribution in [1.82, 2.24) is 9.97 Å². The van der Waals surface area contributed by atoms with Crippen molar-refractivity contribution in [3.05, 3.63) is 18.2 Å². The molecule has 0 saturated carbocycles. The molecule has 0 unspecified atom stereocenters. The van der Waals surface area contributed by atoms with Gasteiger partial charge >= 0.3 is 0 Å². The number of anilines is 1. The van der Waals surface area contributed by atoms with E-state index in [-0.39, 0.29) is 5.91 Å². The molecule has 0 saturated heterocycles. The zero-order valence-corrected chi connectivity index (χ0v) is 7.45. The van der Waals surface area contributed by atoms with E-state index in [4.69, 9.17) is 5.73 Å². The predicted octanol–water partition coefficient (Wildman–Crippen LogP) is 0.0723.